The minimum atomic E-state index is -0.362. The van der Waals surface area contributed by atoms with E-state index in [-0.39, 0.29) is 5.97 Å². The number of nitrogen functional groups attached to an aromatic ring is 1. The number of unbranched alkanes of at least 4 members (excludes halogenated alkanes) is 1. The maximum Gasteiger partial charge on any atom is 0.348 e. The second-order valence-corrected chi connectivity index (χ2v) is 9.68. The monoisotopic (exact) mass is 485 g/mol. The summed E-state index contributed by atoms with van der Waals surface area (Å²) in [5.41, 5.74) is 10.3. The summed E-state index contributed by atoms with van der Waals surface area (Å²) in [4.78, 5) is 31.7. The van der Waals surface area contributed by atoms with Gasteiger partial charge in [0.1, 0.15) is 21.3 Å². The first-order chi connectivity index (χ1) is 15.8. The fourth-order valence-corrected chi connectivity index (χ4v) is 5.54. The van der Waals surface area contributed by atoms with Crippen molar-refractivity contribution in [3.63, 3.8) is 0 Å². The topological polar surface area (TPSA) is 121 Å². The number of fused-ring (bicyclic) bond motifs is 2. The summed E-state index contributed by atoms with van der Waals surface area (Å²) in [5, 5.41) is 5.96. The number of esters is 1. The Morgan fingerprint density at radius 3 is 2.67 bits per heavy atom. The Balaban J connectivity index is 1.59. The van der Waals surface area contributed by atoms with Gasteiger partial charge in [0, 0.05) is 11.4 Å². The minimum Gasteiger partial charge on any atom is -0.462 e. The van der Waals surface area contributed by atoms with E-state index < -0.39 is 0 Å². The van der Waals surface area contributed by atoms with E-state index in [0.717, 1.165) is 36.2 Å². The van der Waals surface area contributed by atoms with Crippen LogP contribution in [0.4, 0.5) is 5.82 Å². The lowest BCUT2D eigenvalue weighted by Crippen LogP contribution is -2.05. The minimum absolute atomic E-state index is 0.315. The van der Waals surface area contributed by atoms with Gasteiger partial charge in [-0.05, 0) is 51.7 Å². The summed E-state index contributed by atoms with van der Waals surface area (Å²) in [6.45, 7) is 10.2. The number of hydrogen-bond acceptors (Lipinski definition) is 10. The molecule has 0 fully saturated rings. The number of nitrogens with zero attached hydrogens (tertiary/aromatic N) is 6. The number of thioether (sulfide) groups is 1. The van der Waals surface area contributed by atoms with Crippen LogP contribution in [0, 0.1) is 20.8 Å². The second-order valence-electron chi connectivity index (χ2n) is 7.74. The molecule has 0 saturated carbocycles. The van der Waals surface area contributed by atoms with Gasteiger partial charge in [0.25, 0.3) is 5.78 Å². The van der Waals surface area contributed by atoms with Gasteiger partial charge in [-0.1, -0.05) is 25.1 Å². The summed E-state index contributed by atoms with van der Waals surface area (Å²) < 4.78 is 6.96. The molecule has 0 amide bonds. The number of rotatable bonds is 8. The Hall–Kier alpha value is -2.79. The van der Waals surface area contributed by atoms with E-state index >= 15 is 0 Å². The maximum atomic E-state index is 12.2. The van der Waals surface area contributed by atoms with Crippen LogP contribution in [-0.2, 0) is 16.9 Å². The fourth-order valence-electron chi connectivity index (χ4n) is 3.77. The molecule has 0 spiro atoms. The third-order valence-electron chi connectivity index (χ3n) is 5.47. The van der Waals surface area contributed by atoms with Crippen molar-refractivity contribution in [2.24, 2.45) is 0 Å². The van der Waals surface area contributed by atoms with Crippen LogP contribution in [0.5, 0.6) is 0 Å². The highest BCUT2D eigenvalue weighted by molar-refractivity contribution is 7.98. The normalized spacial score (nSPS) is 11.5. The van der Waals surface area contributed by atoms with Gasteiger partial charge in [-0.15, -0.1) is 16.4 Å². The highest BCUT2D eigenvalue weighted by Crippen LogP contribution is 2.34. The molecule has 0 aliphatic carbocycles. The zero-order valence-corrected chi connectivity index (χ0v) is 21.1. The number of aryl methyl sites for hydroxylation is 3. The average molecular weight is 486 g/mol. The fraction of sp³-hybridized carbons (Fsp3) is 0.455. The standard InChI is InChI=1S/C22H27N7O2S2/c1-6-8-9-14-12(4)24-21-27-22(28-29(21)13(14)5)32-10-15-25-18(23)16-11(3)17(20(30)31-7-2)33-19(16)26-15/h6-10H2,1-5H3,(H2,23,25,26). The lowest BCUT2D eigenvalue weighted by Gasteiger charge is -2.09. The molecule has 0 saturated heterocycles. The maximum absolute atomic E-state index is 12.2. The second kappa shape index (κ2) is 9.60. The molecule has 0 radical (unpaired) electrons. The summed E-state index contributed by atoms with van der Waals surface area (Å²) >= 11 is 2.71. The number of anilines is 1. The van der Waals surface area contributed by atoms with E-state index in [1.807, 2.05) is 18.4 Å². The van der Waals surface area contributed by atoms with Gasteiger partial charge in [-0.2, -0.15) is 4.98 Å². The van der Waals surface area contributed by atoms with Crippen LogP contribution < -0.4 is 5.73 Å². The van der Waals surface area contributed by atoms with Gasteiger partial charge < -0.3 is 10.5 Å². The predicted octanol–water partition coefficient (Wildman–Crippen LogP) is 4.45. The Labute approximate surface area is 200 Å². The number of thiophene rings is 1. The molecule has 4 aromatic rings. The first kappa shape index (κ1) is 23.4. The zero-order chi connectivity index (χ0) is 23.7. The van der Waals surface area contributed by atoms with Gasteiger partial charge in [-0.25, -0.2) is 24.3 Å². The van der Waals surface area contributed by atoms with Crippen LogP contribution in [0.2, 0.25) is 0 Å². The molecule has 4 rings (SSSR count). The van der Waals surface area contributed by atoms with Crippen molar-refractivity contribution in [3.05, 3.63) is 33.2 Å². The molecule has 4 aromatic heterocycles. The van der Waals surface area contributed by atoms with Crippen LogP contribution in [0.1, 0.15) is 64.7 Å². The highest BCUT2D eigenvalue weighted by atomic mass is 32.2. The Bertz CT molecular complexity index is 1350. The number of nitrogens with two attached hydrogens (primary N) is 1. The van der Waals surface area contributed by atoms with Crippen molar-refractivity contribution >= 4 is 50.9 Å². The summed E-state index contributed by atoms with van der Waals surface area (Å²) in [5.74, 6) is 1.60. The molecular weight excluding hydrogens is 458 g/mol. The number of carbonyl (C=O) groups excluding carboxylic acids is 1. The quantitative estimate of drug-likeness (QED) is 0.285. The van der Waals surface area contributed by atoms with Crippen molar-refractivity contribution in [1.29, 1.82) is 0 Å². The lowest BCUT2D eigenvalue weighted by atomic mass is 10.1. The Kier molecular flexibility index (Phi) is 6.80. The van der Waals surface area contributed by atoms with Crippen molar-refractivity contribution in [1.82, 2.24) is 29.5 Å². The number of carbonyl (C=O) groups is 1. The summed E-state index contributed by atoms with van der Waals surface area (Å²) in [6, 6.07) is 0. The Morgan fingerprint density at radius 2 is 1.94 bits per heavy atom. The van der Waals surface area contributed by atoms with E-state index in [0.29, 0.717) is 50.0 Å². The van der Waals surface area contributed by atoms with Crippen LogP contribution in [-0.4, -0.2) is 42.1 Å². The molecule has 0 unspecified atom stereocenters. The number of hydrogen-bond donors (Lipinski definition) is 1. The molecule has 0 bridgehead atoms. The van der Waals surface area contributed by atoms with Gasteiger partial charge in [0.2, 0.25) is 5.16 Å². The zero-order valence-electron chi connectivity index (χ0n) is 19.4. The van der Waals surface area contributed by atoms with Crippen LogP contribution in [0.3, 0.4) is 0 Å². The van der Waals surface area contributed by atoms with Crippen LogP contribution in [0.25, 0.3) is 16.0 Å². The molecule has 4 heterocycles. The van der Waals surface area contributed by atoms with E-state index in [1.165, 1.54) is 28.7 Å². The molecule has 2 N–H and O–H groups in total. The first-order valence-electron chi connectivity index (χ1n) is 10.9. The summed E-state index contributed by atoms with van der Waals surface area (Å²) in [7, 11) is 0. The van der Waals surface area contributed by atoms with E-state index in [1.54, 1.807) is 6.92 Å². The number of ether oxygens (including phenoxy) is 1. The van der Waals surface area contributed by atoms with Gasteiger partial charge in [-0.3, -0.25) is 0 Å². The lowest BCUT2D eigenvalue weighted by molar-refractivity contribution is 0.0531. The molecule has 0 atom stereocenters. The van der Waals surface area contributed by atoms with Crippen LogP contribution >= 0.6 is 23.1 Å². The summed E-state index contributed by atoms with van der Waals surface area (Å²) in [6.07, 6.45) is 3.24. The van der Waals surface area contributed by atoms with E-state index in [9.17, 15) is 4.79 Å². The third kappa shape index (κ3) is 4.51. The van der Waals surface area contributed by atoms with Gasteiger partial charge >= 0.3 is 5.97 Å². The molecule has 9 nitrogen and oxygen atoms in total. The first-order valence-corrected chi connectivity index (χ1v) is 12.7. The van der Waals surface area contributed by atoms with E-state index in [4.69, 9.17) is 10.5 Å². The van der Waals surface area contributed by atoms with Crippen molar-refractivity contribution in [2.45, 2.75) is 64.8 Å². The molecule has 174 valence electrons. The number of aromatic nitrogens is 6. The predicted molar refractivity (Wildman–Crippen MR) is 131 cm³/mol. The highest BCUT2D eigenvalue weighted by Gasteiger charge is 2.21. The average Bonchev–Trinajstić information content (AvgIpc) is 3.33. The molecular formula is C22H27N7O2S2. The van der Waals surface area contributed by atoms with Crippen molar-refractivity contribution in [3.8, 4) is 0 Å². The molecule has 0 aromatic carbocycles. The van der Waals surface area contributed by atoms with E-state index in [2.05, 4.69) is 38.9 Å². The third-order valence-corrected chi connectivity index (χ3v) is 7.46. The Morgan fingerprint density at radius 1 is 1.15 bits per heavy atom. The SMILES string of the molecule is CCCCc1c(C)nc2nc(SCc3nc(N)c4c(C)c(C(=O)OCC)sc4n3)nn2c1C. The molecule has 0 aliphatic rings. The molecule has 11 heteroatoms. The molecule has 33 heavy (non-hydrogen) atoms. The van der Waals surface area contributed by atoms with Crippen molar-refractivity contribution < 1.29 is 9.53 Å². The van der Waals surface area contributed by atoms with Crippen LogP contribution in [0.15, 0.2) is 5.16 Å². The smallest absolute Gasteiger partial charge is 0.348 e. The van der Waals surface area contributed by atoms with Gasteiger partial charge in [0.05, 0.1) is 17.7 Å². The van der Waals surface area contributed by atoms with Gasteiger partial charge in [0.15, 0.2) is 0 Å². The molecule has 0 aliphatic heterocycles. The van der Waals surface area contributed by atoms with Crippen molar-refractivity contribution in [2.75, 3.05) is 12.3 Å². The largest absolute Gasteiger partial charge is 0.462 e.